The van der Waals surface area contributed by atoms with Crippen LogP contribution in [0.2, 0.25) is 5.02 Å². The highest BCUT2D eigenvalue weighted by Gasteiger charge is 2.22. The number of hydrogen-bond donors (Lipinski definition) is 3. The smallest absolute Gasteiger partial charge is 0.305 e. The topological polar surface area (TPSA) is 114 Å². The second-order valence-corrected chi connectivity index (χ2v) is 7.77. The first kappa shape index (κ1) is 22.9. The molecule has 3 N–H and O–H groups in total. The average molecular weight is 478 g/mol. The highest BCUT2D eigenvalue weighted by Crippen LogP contribution is 2.27. The van der Waals surface area contributed by atoms with E-state index in [0.29, 0.717) is 27.8 Å². The minimum Gasteiger partial charge on any atom is -0.493 e. The Labute approximate surface area is 200 Å². The zero-order valence-electron chi connectivity index (χ0n) is 17.8. The molecule has 3 aromatic carbocycles. The van der Waals surface area contributed by atoms with Crippen molar-refractivity contribution >= 4 is 23.5 Å². The molecule has 1 heterocycles. The fraction of sp³-hybridized carbons (Fsp3) is 0.0800. The number of halogens is 1. The Hall–Kier alpha value is -4.30. The zero-order chi connectivity index (χ0) is 24.1. The zero-order valence-corrected chi connectivity index (χ0v) is 18.5. The summed E-state index contributed by atoms with van der Waals surface area (Å²) in [6, 6.07) is 23.1. The molecule has 9 heteroatoms. The number of carboxylic acids is 1. The number of carbonyl (C=O) groups is 2. The molecule has 0 bridgehead atoms. The molecule has 0 radical (unpaired) electrons. The van der Waals surface area contributed by atoms with Crippen LogP contribution >= 0.6 is 11.6 Å². The summed E-state index contributed by atoms with van der Waals surface area (Å²) in [5.74, 6) is -0.773. The highest BCUT2D eigenvalue weighted by molar-refractivity contribution is 6.32. The van der Waals surface area contributed by atoms with Crippen LogP contribution in [-0.2, 0) is 4.79 Å². The van der Waals surface area contributed by atoms with Gasteiger partial charge in [-0.15, -0.1) is 0 Å². The summed E-state index contributed by atoms with van der Waals surface area (Å²) in [6.07, 6.45) is -0.345. The van der Waals surface area contributed by atoms with Crippen molar-refractivity contribution in [3.05, 3.63) is 101 Å². The van der Waals surface area contributed by atoms with Crippen molar-refractivity contribution < 1.29 is 24.5 Å². The number of nitrogens with one attached hydrogen (secondary N) is 1. The molecule has 8 nitrogen and oxygen atoms in total. The molecular formula is C25H20ClN3O5. The number of aliphatic carboxylic acids is 1. The number of nitrogens with zero attached hydrogens (tertiary/aromatic N) is 2. The quantitative estimate of drug-likeness (QED) is 0.330. The summed E-state index contributed by atoms with van der Waals surface area (Å²) in [4.78, 5) is 24.3. The van der Waals surface area contributed by atoms with E-state index in [1.807, 2.05) is 30.3 Å². The van der Waals surface area contributed by atoms with Crippen LogP contribution in [0.4, 0.5) is 0 Å². The molecule has 0 aliphatic heterocycles. The summed E-state index contributed by atoms with van der Waals surface area (Å²) < 4.78 is 6.90. The molecule has 4 rings (SSSR count). The normalized spacial score (nSPS) is 11.6. The predicted molar refractivity (Wildman–Crippen MR) is 126 cm³/mol. The van der Waals surface area contributed by atoms with Crippen LogP contribution in [0, 0.1) is 0 Å². The fourth-order valence-electron chi connectivity index (χ4n) is 3.33. The summed E-state index contributed by atoms with van der Waals surface area (Å²) in [6.45, 7) is 0. The van der Waals surface area contributed by atoms with Crippen molar-refractivity contribution in [1.82, 2.24) is 15.1 Å². The minimum atomic E-state index is -1.08. The third-order valence-electron chi connectivity index (χ3n) is 4.95. The van der Waals surface area contributed by atoms with Crippen LogP contribution in [-0.4, -0.2) is 31.9 Å². The molecule has 0 aliphatic carbocycles. The third kappa shape index (κ3) is 5.36. The molecule has 1 unspecified atom stereocenters. The van der Waals surface area contributed by atoms with E-state index in [0.717, 1.165) is 4.68 Å². The number of hydrogen-bond acceptors (Lipinski definition) is 5. The van der Waals surface area contributed by atoms with E-state index in [4.69, 9.17) is 16.3 Å². The van der Waals surface area contributed by atoms with Gasteiger partial charge < -0.3 is 20.3 Å². The molecule has 1 atom stereocenters. The molecule has 34 heavy (non-hydrogen) atoms. The lowest BCUT2D eigenvalue weighted by atomic mass is 10.0. The third-order valence-corrected chi connectivity index (χ3v) is 5.27. The maximum Gasteiger partial charge on any atom is 0.305 e. The Bertz CT molecular complexity index is 1310. The van der Waals surface area contributed by atoms with Gasteiger partial charge in [-0.05, 0) is 42.0 Å². The maximum atomic E-state index is 12.9. The molecular weight excluding hydrogens is 458 g/mol. The number of aromatic hydroxyl groups is 1. The second-order valence-electron chi connectivity index (χ2n) is 7.36. The van der Waals surface area contributed by atoms with Gasteiger partial charge in [-0.1, -0.05) is 54.1 Å². The van der Waals surface area contributed by atoms with E-state index < -0.39 is 17.9 Å². The van der Waals surface area contributed by atoms with Gasteiger partial charge in [-0.3, -0.25) is 9.59 Å². The first-order valence-corrected chi connectivity index (χ1v) is 10.7. The molecule has 172 valence electrons. The Morgan fingerprint density at radius 1 is 0.971 bits per heavy atom. The van der Waals surface area contributed by atoms with E-state index in [1.165, 1.54) is 6.07 Å². The molecule has 0 spiro atoms. The van der Waals surface area contributed by atoms with Crippen LogP contribution in [0.25, 0.3) is 5.69 Å². The van der Waals surface area contributed by atoms with Gasteiger partial charge in [0.2, 0.25) is 5.88 Å². The van der Waals surface area contributed by atoms with E-state index in [2.05, 4.69) is 10.4 Å². The average Bonchev–Trinajstić information content (AvgIpc) is 3.21. The van der Waals surface area contributed by atoms with E-state index >= 15 is 0 Å². The molecule has 0 saturated heterocycles. The second kappa shape index (κ2) is 10.1. The van der Waals surface area contributed by atoms with Crippen LogP contribution in [0.1, 0.15) is 28.5 Å². The Balaban J connectivity index is 1.52. The van der Waals surface area contributed by atoms with E-state index in [-0.39, 0.29) is 18.0 Å². The first-order valence-electron chi connectivity index (χ1n) is 10.3. The van der Waals surface area contributed by atoms with Crippen LogP contribution in [0.15, 0.2) is 84.9 Å². The summed E-state index contributed by atoms with van der Waals surface area (Å²) in [7, 11) is 0. The number of ether oxygens (including phenoxy) is 1. The van der Waals surface area contributed by atoms with Gasteiger partial charge in [-0.2, -0.15) is 9.78 Å². The summed E-state index contributed by atoms with van der Waals surface area (Å²) in [5, 5.41) is 26.8. The Kier molecular flexibility index (Phi) is 6.79. The van der Waals surface area contributed by atoms with Crippen LogP contribution in [0.5, 0.6) is 17.4 Å². The van der Waals surface area contributed by atoms with Gasteiger partial charge in [0.25, 0.3) is 5.91 Å². The van der Waals surface area contributed by atoms with Crippen LogP contribution < -0.4 is 10.1 Å². The van der Waals surface area contributed by atoms with Gasteiger partial charge in [0, 0.05) is 6.07 Å². The number of amides is 1. The van der Waals surface area contributed by atoms with Gasteiger partial charge >= 0.3 is 5.97 Å². The molecule has 0 aliphatic rings. The lowest BCUT2D eigenvalue weighted by Crippen LogP contribution is -2.30. The van der Waals surface area contributed by atoms with E-state index in [1.54, 1.807) is 48.5 Å². The van der Waals surface area contributed by atoms with Crippen LogP contribution in [0.3, 0.4) is 0 Å². The molecule has 1 amide bonds. The van der Waals surface area contributed by atoms with Gasteiger partial charge in [0.15, 0.2) is 5.69 Å². The number of rotatable bonds is 8. The molecule has 0 fully saturated rings. The number of aromatic nitrogens is 2. The van der Waals surface area contributed by atoms with Crippen molar-refractivity contribution in [1.29, 1.82) is 0 Å². The summed E-state index contributed by atoms with van der Waals surface area (Å²) >= 11 is 6.16. The van der Waals surface area contributed by atoms with E-state index in [9.17, 15) is 19.8 Å². The summed E-state index contributed by atoms with van der Waals surface area (Å²) in [5.41, 5.74) is 0.888. The Morgan fingerprint density at radius 3 is 2.29 bits per heavy atom. The predicted octanol–water partition coefficient (Wildman–Crippen LogP) is 4.97. The largest absolute Gasteiger partial charge is 0.493 e. The van der Waals surface area contributed by atoms with Crippen molar-refractivity contribution in [2.75, 3.05) is 0 Å². The van der Waals surface area contributed by atoms with Crippen molar-refractivity contribution in [2.24, 2.45) is 0 Å². The lowest BCUT2D eigenvalue weighted by Gasteiger charge is -2.17. The van der Waals surface area contributed by atoms with Gasteiger partial charge in [0.05, 0.1) is 23.2 Å². The van der Waals surface area contributed by atoms with Crippen molar-refractivity contribution in [2.45, 2.75) is 12.5 Å². The Morgan fingerprint density at radius 2 is 1.62 bits per heavy atom. The highest BCUT2D eigenvalue weighted by atomic mass is 35.5. The first-order chi connectivity index (χ1) is 16.4. The van der Waals surface area contributed by atoms with Crippen molar-refractivity contribution in [3.63, 3.8) is 0 Å². The fourth-order valence-corrected chi connectivity index (χ4v) is 3.55. The number of carbonyl (C=O) groups excluding carboxylic acids is 1. The monoisotopic (exact) mass is 477 g/mol. The molecule has 4 aromatic rings. The maximum absolute atomic E-state index is 12.9. The number of benzene rings is 3. The SMILES string of the molecule is O=C(O)CC(NC(=O)c1cc(O)n(-c2ccccc2Cl)n1)c1ccc(Oc2ccccc2)cc1. The minimum absolute atomic E-state index is 0.0863. The lowest BCUT2D eigenvalue weighted by molar-refractivity contribution is -0.137. The van der Waals surface area contributed by atoms with Gasteiger partial charge in [-0.25, -0.2) is 0 Å². The van der Waals surface area contributed by atoms with Gasteiger partial charge in [0.1, 0.15) is 11.5 Å². The molecule has 0 saturated carbocycles. The standard InChI is InChI=1S/C25H20ClN3O5/c26-19-8-4-5-9-22(19)29-23(30)14-21(28-29)25(33)27-20(15-24(31)32)16-10-12-18(13-11-16)34-17-6-2-1-3-7-17/h1-14,20,30H,15H2,(H,27,33)(H,31,32). The number of para-hydroxylation sites is 2. The number of carboxylic acid groups (broad SMARTS) is 1. The van der Waals surface area contributed by atoms with Crippen molar-refractivity contribution in [3.8, 4) is 23.1 Å². The molecule has 1 aromatic heterocycles.